The summed E-state index contributed by atoms with van der Waals surface area (Å²) in [5.74, 6) is 0. The van der Waals surface area contributed by atoms with Crippen molar-refractivity contribution in [3.8, 4) is 0 Å². The lowest BCUT2D eigenvalue weighted by Crippen LogP contribution is -2.50. The molecule has 0 atom stereocenters. The van der Waals surface area contributed by atoms with E-state index in [1.807, 2.05) is 0 Å². The van der Waals surface area contributed by atoms with Crippen molar-refractivity contribution in [2.45, 2.75) is 156 Å². The molecule has 0 spiro atoms. The van der Waals surface area contributed by atoms with Crippen LogP contribution < -0.4 is 0 Å². The summed E-state index contributed by atoms with van der Waals surface area (Å²) >= 11 is 0. The van der Waals surface area contributed by atoms with Gasteiger partial charge in [0, 0.05) is 0 Å². The lowest BCUT2D eigenvalue weighted by Gasteiger charge is -2.39. The van der Waals surface area contributed by atoms with E-state index in [0.717, 1.165) is 0 Å². The molecule has 0 aliphatic carbocycles. The Bertz CT molecular complexity index is 250. The molecule has 0 N–H and O–H groups in total. The maximum absolute atomic E-state index is 2.34. The molecule has 0 heterocycles. The van der Waals surface area contributed by atoms with E-state index in [1.165, 1.54) is 159 Å². The Morgan fingerprint density at radius 2 is 0.516 bits per heavy atom. The molecule has 0 fully saturated rings. The first-order valence-corrected chi connectivity index (χ1v) is 14.1. The molecule has 0 amide bonds. The molecule has 0 saturated carbocycles. The van der Waals surface area contributed by atoms with Crippen molar-refractivity contribution in [2.75, 3.05) is 26.2 Å². The molecular weight excluding hydrogens is 466 g/mol. The highest BCUT2D eigenvalue weighted by Gasteiger charge is 2.25. The van der Waals surface area contributed by atoms with E-state index < -0.39 is 0 Å². The van der Waals surface area contributed by atoms with Crippen LogP contribution in [-0.4, -0.2) is 30.7 Å². The molecule has 0 aromatic carbocycles. The van der Waals surface area contributed by atoms with E-state index in [1.54, 1.807) is 0 Å². The third kappa shape index (κ3) is 23.7. The Morgan fingerprint density at radius 1 is 0.323 bits per heavy atom. The van der Waals surface area contributed by atoms with E-state index in [9.17, 15) is 0 Å². The molecule has 31 heavy (non-hydrogen) atoms. The second-order valence-corrected chi connectivity index (χ2v) is 9.89. The maximum atomic E-state index is 2.34. The van der Waals surface area contributed by atoms with E-state index in [4.69, 9.17) is 0 Å². The number of quaternary nitrogens is 1. The van der Waals surface area contributed by atoms with Crippen LogP contribution in [0.4, 0.5) is 0 Å². The van der Waals surface area contributed by atoms with Crippen LogP contribution in [0.25, 0.3) is 0 Å². The number of nitrogens with zero attached hydrogens (tertiary/aromatic N) is 1. The van der Waals surface area contributed by atoms with E-state index >= 15 is 0 Å². The van der Waals surface area contributed by atoms with Gasteiger partial charge in [0.1, 0.15) is 0 Å². The van der Waals surface area contributed by atoms with E-state index in [2.05, 4.69) is 27.7 Å². The fourth-order valence-electron chi connectivity index (χ4n) is 4.87. The molecular formula is C28H62BrClN+. The average molecular weight is 528 g/mol. The van der Waals surface area contributed by atoms with Gasteiger partial charge in [0.15, 0.2) is 0 Å². The van der Waals surface area contributed by atoms with Gasteiger partial charge in [-0.2, -0.15) is 0 Å². The summed E-state index contributed by atoms with van der Waals surface area (Å²) in [7, 11) is 0. The van der Waals surface area contributed by atoms with Crippen molar-refractivity contribution in [2.24, 2.45) is 0 Å². The van der Waals surface area contributed by atoms with Gasteiger partial charge in [-0.1, -0.05) is 105 Å². The highest BCUT2D eigenvalue weighted by molar-refractivity contribution is 8.93. The second-order valence-electron chi connectivity index (χ2n) is 9.89. The minimum absolute atomic E-state index is 0. The van der Waals surface area contributed by atoms with Gasteiger partial charge in [-0.05, 0) is 51.4 Å². The molecule has 0 aromatic heterocycles. The Morgan fingerprint density at radius 3 is 0.710 bits per heavy atom. The summed E-state index contributed by atoms with van der Waals surface area (Å²) in [6.45, 7) is 15.2. The van der Waals surface area contributed by atoms with Crippen LogP contribution in [-0.2, 0) is 0 Å². The number of unbranched alkanes of at least 4 members (excludes halogenated alkanes) is 16. The van der Waals surface area contributed by atoms with Crippen LogP contribution in [0.2, 0.25) is 0 Å². The predicted octanol–water partition coefficient (Wildman–Crippen LogP) is 10.7. The minimum atomic E-state index is 0. The first kappa shape index (κ1) is 36.3. The Hall–Kier alpha value is 0.730. The lowest BCUT2D eigenvalue weighted by atomic mass is 10.1. The third-order valence-electron chi connectivity index (χ3n) is 6.94. The van der Waals surface area contributed by atoms with Gasteiger partial charge in [0.25, 0.3) is 0 Å². The monoisotopic (exact) mass is 526 g/mol. The van der Waals surface area contributed by atoms with Crippen molar-refractivity contribution in [1.82, 2.24) is 0 Å². The zero-order valence-corrected chi connectivity index (χ0v) is 24.8. The van der Waals surface area contributed by atoms with Crippen LogP contribution >= 0.6 is 29.4 Å². The molecule has 0 saturated heterocycles. The van der Waals surface area contributed by atoms with Crippen LogP contribution in [0.5, 0.6) is 0 Å². The van der Waals surface area contributed by atoms with Gasteiger partial charge in [0.2, 0.25) is 0 Å². The smallest absolute Gasteiger partial charge is 0.0786 e. The molecule has 192 valence electrons. The first-order valence-electron chi connectivity index (χ1n) is 14.1. The fraction of sp³-hybridized carbons (Fsp3) is 1.00. The summed E-state index contributed by atoms with van der Waals surface area (Å²) < 4.78 is 1.47. The Balaban J connectivity index is -0.00000392. The van der Waals surface area contributed by atoms with Crippen LogP contribution in [0.3, 0.4) is 0 Å². The summed E-state index contributed by atoms with van der Waals surface area (Å²) in [5, 5.41) is 0. The summed E-state index contributed by atoms with van der Waals surface area (Å²) in [6, 6.07) is 0. The topological polar surface area (TPSA) is 0 Å². The summed E-state index contributed by atoms with van der Waals surface area (Å²) in [4.78, 5) is 0. The van der Waals surface area contributed by atoms with Crippen molar-refractivity contribution in [3.05, 3.63) is 0 Å². The lowest BCUT2D eigenvalue weighted by molar-refractivity contribution is -0.929. The quantitative estimate of drug-likeness (QED) is 0.0864. The summed E-state index contributed by atoms with van der Waals surface area (Å²) in [6.07, 6.45) is 28.8. The van der Waals surface area contributed by atoms with Gasteiger partial charge < -0.3 is 4.48 Å². The van der Waals surface area contributed by atoms with Gasteiger partial charge >= 0.3 is 0 Å². The van der Waals surface area contributed by atoms with Crippen molar-refractivity contribution < 1.29 is 4.48 Å². The molecule has 0 aliphatic heterocycles. The van der Waals surface area contributed by atoms with Crippen LogP contribution in [0.1, 0.15) is 156 Å². The van der Waals surface area contributed by atoms with Gasteiger partial charge in [-0.15, -0.1) is 29.4 Å². The minimum Gasteiger partial charge on any atom is -0.324 e. The van der Waals surface area contributed by atoms with Crippen LogP contribution in [0.15, 0.2) is 0 Å². The predicted molar refractivity (Wildman–Crippen MR) is 152 cm³/mol. The zero-order chi connectivity index (χ0) is 21.5. The van der Waals surface area contributed by atoms with Crippen molar-refractivity contribution >= 4 is 29.4 Å². The largest absolute Gasteiger partial charge is 0.324 e. The van der Waals surface area contributed by atoms with Crippen molar-refractivity contribution in [1.29, 1.82) is 0 Å². The second kappa shape index (κ2) is 28.8. The fourth-order valence-corrected chi connectivity index (χ4v) is 4.87. The molecule has 0 bridgehead atoms. The average Bonchev–Trinajstić information content (AvgIpc) is 2.73. The van der Waals surface area contributed by atoms with Gasteiger partial charge in [-0.3, -0.25) is 0 Å². The first-order chi connectivity index (χ1) is 14.2. The summed E-state index contributed by atoms with van der Waals surface area (Å²) in [5.41, 5.74) is 0. The third-order valence-corrected chi connectivity index (χ3v) is 6.94. The van der Waals surface area contributed by atoms with Gasteiger partial charge in [0.05, 0.1) is 26.2 Å². The Labute approximate surface area is 215 Å². The highest BCUT2D eigenvalue weighted by Crippen LogP contribution is 2.20. The van der Waals surface area contributed by atoms with Crippen LogP contribution in [0, 0.1) is 0 Å². The SMILES string of the molecule is Br.CCCCCCC[N+](CCCCCCC)(CCCCCCC)CCCCCCC.Cl. The molecule has 0 radical (unpaired) electrons. The number of halogens is 2. The number of hydrogen-bond acceptors (Lipinski definition) is 0. The van der Waals surface area contributed by atoms with E-state index in [0.29, 0.717) is 0 Å². The number of rotatable bonds is 24. The molecule has 3 heteroatoms. The highest BCUT2D eigenvalue weighted by atomic mass is 79.9. The number of hydrogen-bond donors (Lipinski definition) is 0. The van der Waals surface area contributed by atoms with E-state index in [-0.39, 0.29) is 29.4 Å². The molecule has 0 aromatic rings. The normalized spacial score (nSPS) is 11.2. The zero-order valence-electron chi connectivity index (χ0n) is 22.2. The Kier molecular flexibility index (Phi) is 33.7. The van der Waals surface area contributed by atoms with Gasteiger partial charge in [-0.25, -0.2) is 0 Å². The molecule has 0 unspecified atom stereocenters. The molecule has 1 nitrogen and oxygen atoms in total. The standard InChI is InChI=1S/C28H60N.BrH.ClH/c1-5-9-13-17-21-25-29(26-22-18-14-10-6-2,27-23-19-15-11-7-3)28-24-20-16-12-8-4;;/h5-28H2,1-4H3;2*1H/q+1;;. The maximum Gasteiger partial charge on any atom is 0.0786 e. The molecule has 0 rings (SSSR count). The molecule has 0 aliphatic rings. The van der Waals surface area contributed by atoms with Crippen molar-refractivity contribution in [3.63, 3.8) is 0 Å².